The molecule has 3 unspecified atom stereocenters. The lowest BCUT2D eigenvalue weighted by Crippen LogP contribution is -2.43. The summed E-state index contributed by atoms with van der Waals surface area (Å²) in [5, 5.41) is 0. The molecule has 0 aromatic carbocycles. The minimum atomic E-state index is 0.136. The standard InChI is InChI=1S/C37H56S/c1-9-10-11-14-34(38)37(22-23-37)29(5)16-15-28(4)35(7)21-19-33-32(13-12-20-36(33,35)8)18-17-31-24-26(2)30(6)27(3)25-31/h15-18,26-28,33H,5-6,9-14,19-25H2,1-4,7-8H3/b16-15+,31-17?,32-18+/t26-,27?,28-,33+,35?,36?/m1/s1. The van der Waals surface area contributed by atoms with E-state index in [2.05, 4.69) is 79.0 Å². The topological polar surface area (TPSA) is 0 Å². The summed E-state index contributed by atoms with van der Waals surface area (Å²) in [4.78, 5) is 1.27. The molecule has 1 heteroatoms. The Labute approximate surface area is 241 Å². The summed E-state index contributed by atoms with van der Waals surface area (Å²) in [6, 6.07) is 0. The predicted molar refractivity (Wildman–Crippen MR) is 172 cm³/mol. The minimum Gasteiger partial charge on any atom is -0.0993 e. The zero-order chi connectivity index (χ0) is 27.7. The van der Waals surface area contributed by atoms with Crippen molar-refractivity contribution in [2.75, 3.05) is 0 Å². The van der Waals surface area contributed by atoms with E-state index in [1.807, 2.05) is 0 Å². The first-order chi connectivity index (χ1) is 18.0. The number of thiocarbonyl (C=S) groups is 1. The number of hydrogen-bond acceptors (Lipinski definition) is 1. The van der Waals surface area contributed by atoms with Crippen molar-refractivity contribution in [3.8, 4) is 0 Å². The quantitative estimate of drug-likeness (QED) is 0.117. The molecule has 4 saturated carbocycles. The van der Waals surface area contributed by atoms with Crippen LogP contribution in [-0.4, -0.2) is 4.86 Å². The number of unbranched alkanes of at least 4 members (excludes halogenated alkanes) is 2. The molecule has 0 spiro atoms. The Hall–Kier alpha value is -1.21. The molecule has 4 aliphatic rings. The zero-order valence-electron chi connectivity index (χ0n) is 25.6. The maximum absolute atomic E-state index is 5.94. The summed E-state index contributed by atoms with van der Waals surface area (Å²) in [6.45, 7) is 23.6. The van der Waals surface area contributed by atoms with E-state index in [-0.39, 0.29) is 5.41 Å². The molecule has 4 aliphatic carbocycles. The molecule has 0 nitrogen and oxygen atoms in total. The summed E-state index contributed by atoms with van der Waals surface area (Å²) in [5.41, 5.74) is 6.92. The largest absolute Gasteiger partial charge is 0.0993 e. The van der Waals surface area contributed by atoms with Gasteiger partial charge in [-0.1, -0.05) is 121 Å². The van der Waals surface area contributed by atoms with E-state index in [0.717, 1.165) is 12.3 Å². The van der Waals surface area contributed by atoms with Crippen molar-refractivity contribution in [3.05, 3.63) is 59.8 Å². The lowest BCUT2D eigenvalue weighted by atomic mass is 9.54. The number of rotatable bonds is 10. The summed E-state index contributed by atoms with van der Waals surface area (Å²) in [6.07, 6.45) is 26.3. The van der Waals surface area contributed by atoms with Crippen LogP contribution in [-0.2, 0) is 0 Å². The SMILES string of the molecule is C=C1C(C)CC(=C/C=C2\CCCC3(C)[C@H]2CCC3(C)[C@H](C)/C=C/C(=C)C2(C(=S)CCCCC)CC2)C[C@H]1C. The molecule has 0 aliphatic heterocycles. The van der Waals surface area contributed by atoms with Crippen LogP contribution in [0.25, 0.3) is 0 Å². The Morgan fingerprint density at radius 1 is 1.05 bits per heavy atom. The molecule has 0 saturated heterocycles. The average Bonchev–Trinajstić information content (AvgIpc) is 3.65. The molecule has 0 heterocycles. The summed E-state index contributed by atoms with van der Waals surface area (Å²) < 4.78 is 0. The fraction of sp³-hybridized carbons (Fsp3) is 0.703. The van der Waals surface area contributed by atoms with Crippen molar-refractivity contribution in [1.82, 2.24) is 0 Å². The molecule has 0 N–H and O–H groups in total. The molecule has 0 bridgehead atoms. The van der Waals surface area contributed by atoms with E-state index < -0.39 is 0 Å². The molecule has 0 radical (unpaired) electrons. The van der Waals surface area contributed by atoms with Crippen LogP contribution < -0.4 is 0 Å². The van der Waals surface area contributed by atoms with E-state index in [1.54, 1.807) is 11.1 Å². The van der Waals surface area contributed by atoms with Gasteiger partial charge in [-0.15, -0.1) is 0 Å². The summed E-state index contributed by atoms with van der Waals surface area (Å²) in [5.74, 6) is 2.52. The van der Waals surface area contributed by atoms with Crippen LogP contribution in [0, 0.1) is 39.9 Å². The Morgan fingerprint density at radius 3 is 2.37 bits per heavy atom. The Balaban J connectivity index is 1.45. The maximum atomic E-state index is 5.94. The van der Waals surface area contributed by atoms with Crippen molar-refractivity contribution in [2.45, 2.75) is 125 Å². The second-order valence-corrected chi connectivity index (χ2v) is 14.8. The lowest BCUT2D eigenvalue weighted by molar-refractivity contribution is 0.0223. The van der Waals surface area contributed by atoms with Gasteiger partial charge in [0.25, 0.3) is 0 Å². The van der Waals surface area contributed by atoms with Gasteiger partial charge < -0.3 is 0 Å². The van der Waals surface area contributed by atoms with Gasteiger partial charge in [0.05, 0.1) is 0 Å². The Kier molecular flexibility index (Phi) is 9.18. The second-order valence-electron chi connectivity index (χ2n) is 14.3. The molecular formula is C37H56S. The van der Waals surface area contributed by atoms with Gasteiger partial charge in [-0.2, -0.15) is 0 Å². The monoisotopic (exact) mass is 532 g/mol. The van der Waals surface area contributed by atoms with Gasteiger partial charge in [0, 0.05) is 10.3 Å². The molecule has 6 atom stereocenters. The first kappa shape index (κ1) is 29.8. The predicted octanol–water partition coefficient (Wildman–Crippen LogP) is 11.5. The van der Waals surface area contributed by atoms with E-state index >= 15 is 0 Å². The molecule has 0 aromatic rings. The normalized spacial score (nSPS) is 37.5. The fourth-order valence-electron chi connectivity index (χ4n) is 8.57. The van der Waals surface area contributed by atoms with Gasteiger partial charge in [0.1, 0.15) is 0 Å². The van der Waals surface area contributed by atoms with Crippen LogP contribution in [0.5, 0.6) is 0 Å². The van der Waals surface area contributed by atoms with E-state index in [0.29, 0.717) is 28.6 Å². The highest BCUT2D eigenvalue weighted by Crippen LogP contribution is 2.66. The van der Waals surface area contributed by atoms with E-state index in [9.17, 15) is 0 Å². The van der Waals surface area contributed by atoms with Gasteiger partial charge in [0.15, 0.2) is 0 Å². The van der Waals surface area contributed by atoms with Gasteiger partial charge >= 0.3 is 0 Å². The van der Waals surface area contributed by atoms with E-state index in [4.69, 9.17) is 12.2 Å². The molecular weight excluding hydrogens is 476 g/mol. The first-order valence-corrected chi connectivity index (χ1v) is 16.4. The minimum absolute atomic E-state index is 0.136. The molecule has 38 heavy (non-hydrogen) atoms. The molecule has 4 fully saturated rings. The third kappa shape index (κ3) is 5.53. The number of hydrogen-bond donors (Lipinski definition) is 0. The van der Waals surface area contributed by atoms with Crippen molar-refractivity contribution < 1.29 is 0 Å². The highest BCUT2D eigenvalue weighted by molar-refractivity contribution is 7.80. The Bertz CT molecular complexity index is 999. The smallest absolute Gasteiger partial charge is 0.0261 e. The highest BCUT2D eigenvalue weighted by Gasteiger charge is 2.57. The van der Waals surface area contributed by atoms with Crippen LogP contribution in [0.3, 0.4) is 0 Å². The third-order valence-corrected chi connectivity index (χ3v) is 12.7. The molecule has 0 aromatic heterocycles. The van der Waals surface area contributed by atoms with Crippen LogP contribution in [0.4, 0.5) is 0 Å². The average molecular weight is 533 g/mol. The third-order valence-electron chi connectivity index (χ3n) is 12.1. The number of allylic oxidation sites excluding steroid dienone is 8. The van der Waals surface area contributed by atoms with Crippen LogP contribution in [0.2, 0.25) is 0 Å². The molecule has 210 valence electrons. The van der Waals surface area contributed by atoms with Crippen LogP contribution >= 0.6 is 12.2 Å². The molecule has 4 rings (SSSR count). The Morgan fingerprint density at radius 2 is 1.74 bits per heavy atom. The van der Waals surface area contributed by atoms with Gasteiger partial charge in [-0.25, -0.2) is 0 Å². The van der Waals surface area contributed by atoms with Crippen molar-refractivity contribution in [1.29, 1.82) is 0 Å². The van der Waals surface area contributed by atoms with Gasteiger partial charge in [-0.3, -0.25) is 0 Å². The zero-order valence-corrected chi connectivity index (χ0v) is 26.5. The number of fused-ring (bicyclic) bond motifs is 1. The van der Waals surface area contributed by atoms with Crippen LogP contribution in [0.15, 0.2) is 59.8 Å². The fourth-order valence-corrected chi connectivity index (χ4v) is 9.05. The van der Waals surface area contributed by atoms with Gasteiger partial charge in [0.2, 0.25) is 0 Å². The summed E-state index contributed by atoms with van der Waals surface area (Å²) in [7, 11) is 0. The van der Waals surface area contributed by atoms with Crippen molar-refractivity contribution in [3.63, 3.8) is 0 Å². The highest BCUT2D eigenvalue weighted by atomic mass is 32.1. The second kappa shape index (κ2) is 11.7. The van der Waals surface area contributed by atoms with Crippen molar-refractivity contribution in [2.24, 2.45) is 39.9 Å². The first-order valence-electron chi connectivity index (χ1n) is 16.0. The molecule has 0 amide bonds. The van der Waals surface area contributed by atoms with Gasteiger partial charge in [-0.05, 0) is 111 Å². The van der Waals surface area contributed by atoms with Crippen molar-refractivity contribution >= 4 is 17.1 Å². The lowest BCUT2D eigenvalue weighted by Gasteiger charge is -2.50. The van der Waals surface area contributed by atoms with E-state index in [1.165, 1.54) is 93.1 Å². The summed E-state index contributed by atoms with van der Waals surface area (Å²) >= 11 is 5.94. The maximum Gasteiger partial charge on any atom is 0.0261 e. The van der Waals surface area contributed by atoms with Crippen LogP contribution in [0.1, 0.15) is 125 Å².